The predicted octanol–water partition coefficient (Wildman–Crippen LogP) is 6.69. The molecule has 5 aromatic rings. The monoisotopic (exact) mass is 703 g/mol. The number of rotatable bonds is 12. The van der Waals surface area contributed by atoms with Gasteiger partial charge < -0.3 is 14.6 Å². The maximum absolute atomic E-state index is 12.9. The lowest BCUT2D eigenvalue weighted by Gasteiger charge is -2.40. The number of nitrogens with zero attached hydrogens (tertiary/aromatic N) is 2. The molecule has 8 nitrogen and oxygen atoms in total. The Bertz CT molecular complexity index is 1950. The van der Waals surface area contributed by atoms with Crippen molar-refractivity contribution in [2.45, 2.75) is 49.5 Å². The number of hydrogen-bond acceptors (Lipinski definition) is 7. The van der Waals surface area contributed by atoms with Crippen molar-refractivity contribution in [2.75, 3.05) is 32.7 Å². The molecule has 2 aliphatic rings. The summed E-state index contributed by atoms with van der Waals surface area (Å²) in [5, 5.41) is 9.60. The van der Waals surface area contributed by atoms with Gasteiger partial charge in [-0.1, -0.05) is 121 Å². The molecule has 2 saturated heterocycles. The highest BCUT2D eigenvalue weighted by Crippen LogP contribution is 2.39. The van der Waals surface area contributed by atoms with Crippen LogP contribution >= 0.6 is 0 Å². The first kappa shape index (κ1) is 35.2. The maximum Gasteiger partial charge on any atom is 0.240 e. The maximum atomic E-state index is 12.9. The summed E-state index contributed by atoms with van der Waals surface area (Å²) >= 11 is 0. The average Bonchev–Trinajstić information content (AvgIpc) is 3.19. The van der Waals surface area contributed by atoms with E-state index < -0.39 is 16.3 Å². The van der Waals surface area contributed by atoms with Gasteiger partial charge in [-0.25, -0.2) is 13.1 Å². The normalized spacial score (nSPS) is 20.3. The van der Waals surface area contributed by atoms with Crippen molar-refractivity contribution in [2.24, 2.45) is 0 Å². The second-order valence-electron chi connectivity index (χ2n) is 13.3. The number of aliphatic hydroxyl groups excluding tert-OH is 1. The van der Waals surface area contributed by atoms with E-state index in [4.69, 9.17) is 9.47 Å². The molecule has 5 aromatic carbocycles. The van der Waals surface area contributed by atoms with Crippen LogP contribution in [0, 0.1) is 0 Å². The molecule has 0 saturated carbocycles. The molecule has 0 bridgehead atoms. The van der Waals surface area contributed by atoms with Gasteiger partial charge in [0, 0.05) is 57.8 Å². The Morgan fingerprint density at radius 3 is 2.00 bits per heavy atom. The van der Waals surface area contributed by atoms with Gasteiger partial charge in [-0.3, -0.25) is 9.80 Å². The van der Waals surface area contributed by atoms with Gasteiger partial charge in [0.25, 0.3) is 0 Å². The first-order valence-corrected chi connectivity index (χ1v) is 19.1. The minimum absolute atomic E-state index is 0.00476. The highest BCUT2D eigenvalue weighted by Gasteiger charge is 2.34. The quantitative estimate of drug-likeness (QED) is 0.150. The van der Waals surface area contributed by atoms with Crippen LogP contribution < -0.4 is 4.72 Å². The van der Waals surface area contributed by atoms with E-state index in [0.29, 0.717) is 0 Å². The van der Waals surface area contributed by atoms with E-state index in [1.165, 1.54) is 5.56 Å². The number of hydrogen-bond donors (Lipinski definition) is 2. The van der Waals surface area contributed by atoms with Crippen LogP contribution in [0.4, 0.5) is 0 Å². The number of aliphatic hydroxyl groups is 1. The topological polar surface area (TPSA) is 91.3 Å². The molecule has 0 radical (unpaired) electrons. The lowest BCUT2D eigenvalue weighted by molar-refractivity contribution is -0.253. The van der Waals surface area contributed by atoms with Crippen LogP contribution in [0.25, 0.3) is 11.1 Å². The Morgan fingerprint density at radius 2 is 1.29 bits per heavy atom. The number of piperazine rings is 1. The van der Waals surface area contributed by atoms with Gasteiger partial charge >= 0.3 is 0 Å². The fraction of sp³-hybridized carbons (Fsp3) is 0.286. The lowest BCUT2D eigenvalue weighted by atomic mass is 9.97. The van der Waals surface area contributed by atoms with Gasteiger partial charge in [0.2, 0.25) is 10.0 Å². The molecule has 2 heterocycles. The molecule has 0 aromatic heterocycles. The molecule has 0 amide bonds. The van der Waals surface area contributed by atoms with Crippen LogP contribution in [0.1, 0.15) is 46.6 Å². The Morgan fingerprint density at radius 1 is 0.667 bits per heavy atom. The third kappa shape index (κ3) is 9.01. The van der Waals surface area contributed by atoms with Crippen LogP contribution in [0.15, 0.2) is 138 Å². The molecule has 2 N–H and O–H groups in total. The SMILES string of the molecule is O=S(=O)(NCc1ccccc1-c1ccc(C2OC(CN3CCN(Cc4ccccc4)CC3)CC(c3ccc(CO)cc3)O2)cc1)c1ccccc1. The zero-order chi connectivity index (χ0) is 35.0. The Kier molecular flexibility index (Phi) is 11.4. The third-order valence-corrected chi connectivity index (χ3v) is 11.2. The van der Waals surface area contributed by atoms with Crippen LogP contribution in [0.5, 0.6) is 0 Å². The molecule has 2 fully saturated rings. The van der Waals surface area contributed by atoms with Crippen LogP contribution in [0.2, 0.25) is 0 Å². The number of nitrogens with one attached hydrogen (secondary N) is 1. The number of sulfonamides is 1. The summed E-state index contributed by atoms with van der Waals surface area (Å²) in [6.45, 7) is 5.99. The Balaban J connectivity index is 1.04. The standard InChI is InChI=1S/C42H45N3O5S/c46-31-33-15-17-35(18-16-33)41-27-38(30-45-25-23-44(24-26-45)29-32-9-3-1-4-10-32)49-42(50-41)36-21-19-34(20-22-36)40-14-8-7-11-37(40)28-43-51(47,48)39-12-5-2-6-13-39/h1-22,38,41-43,46H,23-31H2. The summed E-state index contributed by atoms with van der Waals surface area (Å²) in [5.41, 5.74) is 7.03. The van der Waals surface area contributed by atoms with Gasteiger partial charge in [0.05, 0.1) is 23.7 Å². The van der Waals surface area contributed by atoms with Crippen molar-refractivity contribution in [3.8, 4) is 11.1 Å². The molecule has 2 aliphatic heterocycles. The van der Waals surface area contributed by atoms with Crippen LogP contribution in [-0.2, 0) is 39.2 Å². The van der Waals surface area contributed by atoms with E-state index in [1.807, 2.05) is 72.8 Å². The smallest absolute Gasteiger partial charge is 0.240 e. The van der Waals surface area contributed by atoms with Crippen molar-refractivity contribution in [1.29, 1.82) is 0 Å². The average molecular weight is 704 g/mol. The molecule has 3 atom stereocenters. The van der Waals surface area contributed by atoms with E-state index in [0.717, 1.165) is 79.1 Å². The zero-order valence-corrected chi connectivity index (χ0v) is 29.5. The van der Waals surface area contributed by atoms with Crippen molar-refractivity contribution >= 4 is 10.0 Å². The minimum Gasteiger partial charge on any atom is -0.392 e. The van der Waals surface area contributed by atoms with Crippen LogP contribution in [-0.4, -0.2) is 62.2 Å². The summed E-state index contributed by atoms with van der Waals surface area (Å²) in [7, 11) is -3.64. The number of benzene rings is 5. The molecule has 51 heavy (non-hydrogen) atoms. The second kappa shape index (κ2) is 16.4. The van der Waals surface area contributed by atoms with Gasteiger partial charge in [0.15, 0.2) is 6.29 Å². The van der Waals surface area contributed by atoms with Gasteiger partial charge in [-0.2, -0.15) is 0 Å². The van der Waals surface area contributed by atoms with E-state index in [1.54, 1.807) is 30.3 Å². The van der Waals surface area contributed by atoms with Crippen molar-refractivity contribution < 1.29 is 23.0 Å². The molecule has 3 unspecified atom stereocenters. The molecular formula is C42H45N3O5S. The second-order valence-corrected chi connectivity index (χ2v) is 15.1. The van der Waals surface area contributed by atoms with Crippen molar-refractivity contribution in [3.05, 3.63) is 161 Å². The summed E-state index contributed by atoms with van der Waals surface area (Å²) in [5.74, 6) is 0. The van der Waals surface area contributed by atoms with Crippen molar-refractivity contribution in [3.63, 3.8) is 0 Å². The fourth-order valence-corrected chi connectivity index (χ4v) is 7.95. The Labute approximate surface area is 301 Å². The molecule has 9 heteroatoms. The predicted molar refractivity (Wildman–Crippen MR) is 199 cm³/mol. The summed E-state index contributed by atoms with van der Waals surface area (Å²) < 4.78 is 41.9. The summed E-state index contributed by atoms with van der Waals surface area (Å²) in [6.07, 6.45) is 0.0142. The van der Waals surface area contributed by atoms with Gasteiger partial charge in [-0.05, 0) is 45.5 Å². The minimum atomic E-state index is -3.64. The van der Waals surface area contributed by atoms with E-state index in [-0.39, 0.29) is 30.3 Å². The number of ether oxygens (including phenoxy) is 2. The fourth-order valence-electron chi connectivity index (χ4n) is 6.92. The third-order valence-electron chi connectivity index (χ3n) is 9.81. The molecule has 264 valence electrons. The van der Waals surface area contributed by atoms with Crippen LogP contribution in [0.3, 0.4) is 0 Å². The zero-order valence-electron chi connectivity index (χ0n) is 28.7. The Hall–Kier alpha value is -4.19. The molecule has 0 spiro atoms. The van der Waals surface area contributed by atoms with Gasteiger partial charge in [-0.15, -0.1) is 0 Å². The van der Waals surface area contributed by atoms with E-state index >= 15 is 0 Å². The van der Waals surface area contributed by atoms with E-state index in [2.05, 4.69) is 44.9 Å². The van der Waals surface area contributed by atoms with Crippen molar-refractivity contribution in [1.82, 2.24) is 14.5 Å². The summed E-state index contributed by atoms with van der Waals surface area (Å²) in [6, 6.07) is 43.1. The van der Waals surface area contributed by atoms with Gasteiger partial charge in [0.1, 0.15) is 0 Å². The lowest BCUT2D eigenvalue weighted by Crippen LogP contribution is -2.49. The molecule has 7 rings (SSSR count). The molecule has 0 aliphatic carbocycles. The summed E-state index contributed by atoms with van der Waals surface area (Å²) in [4.78, 5) is 5.26. The first-order chi connectivity index (χ1) is 24.9. The van der Waals surface area contributed by atoms with E-state index in [9.17, 15) is 13.5 Å². The highest BCUT2D eigenvalue weighted by molar-refractivity contribution is 7.89. The highest BCUT2D eigenvalue weighted by atomic mass is 32.2. The first-order valence-electron chi connectivity index (χ1n) is 17.7. The largest absolute Gasteiger partial charge is 0.392 e. The molecular weight excluding hydrogens is 659 g/mol.